The summed E-state index contributed by atoms with van der Waals surface area (Å²) in [6.45, 7) is 3.84. The molecule has 5 nitrogen and oxygen atoms in total. The van der Waals surface area contributed by atoms with Gasteiger partial charge in [0.25, 0.3) is 0 Å². The van der Waals surface area contributed by atoms with Crippen LogP contribution in [0.3, 0.4) is 0 Å². The molecule has 0 saturated carbocycles. The van der Waals surface area contributed by atoms with Gasteiger partial charge in [-0.3, -0.25) is 4.90 Å². The molecule has 4 aromatic carbocycles. The number of hydrogen-bond donors (Lipinski definition) is 1. The molecule has 0 aliphatic carbocycles. The van der Waals surface area contributed by atoms with Crippen molar-refractivity contribution in [2.45, 2.75) is 49.4 Å². The van der Waals surface area contributed by atoms with Crippen molar-refractivity contribution in [3.05, 3.63) is 131 Å². The van der Waals surface area contributed by atoms with Crippen LogP contribution in [0.1, 0.15) is 54.0 Å². The van der Waals surface area contributed by atoms with Gasteiger partial charge in [-0.05, 0) is 49.6 Å². The minimum absolute atomic E-state index is 0.0392. The van der Waals surface area contributed by atoms with Crippen LogP contribution in [0.15, 0.2) is 102 Å². The molecule has 10 heteroatoms. The predicted octanol–water partition coefficient (Wildman–Crippen LogP) is 7.58. The van der Waals surface area contributed by atoms with Crippen molar-refractivity contribution in [2.75, 3.05) is 26.0 Å². The predicted molar refractivity (Wildman–Crippen MR) is 166 cm³/mol. The van der Waals surface area contributed by atoms with Crippen LogP contribution in [0, 0.1) is 5.82 Å². The quantitative estimate of drug-likeness (QED) is 0.120. The van der Waals surface area contributed by atoms with Crippen LogP contribution < -0.4 is 4.74 Å². The van der Waals surface area contributed by atoms with Gasteiger partial charge in [0.2, 0.25) is 0 Å². The van der Waals surface area contributed by atoms with Gasteiger partial charge in [0.15, 0.2) is 9.84 Å². The number of halogens is 4. The molecule has 0 aromatic heterocycles. The first-order valence-electron chi connectivity index (χ1n) is 14.5. The van der Waals surface area contributed by atoms with Crippen LogP contribution in [-0.4, -0.2) is 44.4 Å². The Labute approximate surface area is 262 Å². The first-order valence-corrected chi connectivity index (χ1v) is 16.4. The molecule has 1 N–H and O–H groups in total. The third kappa shape index (κ3) is 9.15. The van der Waals surface area contributed by atoms with Crippen molar-refractivity contribution in [1.29, 1.82) is 0 Å². The van der Waals surface area contributed by atoms with Gasteiger partial charge >= 0.3 is 6.18 Å². The molecule has 240 valence electrons. The van der Waals surface area contributed by atoms with Crippen LogP contribution >= 0.6 is 0 Å². The lowest BCUT2D eigenvalue weighted by molar-refractivity contribution is -0.140. The van der Waals surface area contributed by atoms with E-state index in [0.717, 1.165) is 23.4 Å². The summed E-state index contributed by atoms with van der Waals surface area (Å²) >= 11 is 0. The van der Waals surface area contributed by atoms with Crippen LogP contribution in [0.2, 0.25) is 0 Å². The molecule has 0 bridgehead atoms. The Hall–Kier alpha value is -3.73. The highest BCUT2D eigenvalue weighted by Crippen LogP contribution is 2.34. The maximum atomic E-state index is 15.1. The van der Waals surface area contributed by atoms with Crippen LogP contribution in [0.4, 0.5) is 17.6 Å². The van der Waals surface area contributed by atoms with Gasteiger partial charge < -0.3 is 9.84 Å². The summed E-state index contributed by atoms with van der Waals surface area (Å²) in [5.41, 5.74) is -0.485. The molecule has 0 unspecified atom stereocenters. The van der Waals surface area contributed by atoms with E-state index in [2.05, 4.69) is 0 Å². The highest BCUT2D eigenvalue weighted by Gasteiger charge is 2.35. The Bertz CT molecular complexity index is 1630. The molecular formula is C35H37F4NO4S. The third-order valence-electron chi connectivity index (χ3n) is 7.52. The van der Waals surface area contributed by atoms with E-state index in [4.69, 9.17) is 4.74 Å². The normalized spacial score (nSPS) is 12.6. The third-order valence-corrected chi connectivity index (χ3v) is 8.66. The standard InChI is InChI=1S/C35H37F4NO4S/c1-34(2,41)30-19-18-28(22-32(30)45(3,42)43)44-21-11-20-40(23-27-16-10-17-31(33(27)36)35(37,38)39)24-29(25-12-6-4-7-13-25)26-14-8-5-9-15-26/h4-10,12-19,22,29,41H,11,20-21,23-24H2,1-3H3. The van der Waals surface area contributed by atoms with Crippen molar-refractivity contribution in [1.82, 2.24) is 4.90 Å². The molecule has 0 atom stereocenters. The Morgan fingerprint density at radius 2 is 1.44 bits per heavy atom. The number of benzene rings is 4. The molecule has 4 aromatic rings. The van der Waals surface area contributed by atoms with Gasteiger partial charge in [-0.2, -0.15) is 13.2 Å². The molecule has 0 radical (unpaired) electrons. The van der Waals surface area contributed by atoms with E-state index in [1.165, 1.54) is 38.1 Å². The first kappa shape index (κ1) is 34.1. The van der Waals surface area contributed by atoms with E-state index >= 15 is 4.39 Å². The molecule has 45 heavy (non-hydrogen) atoms. The average molecular weight is 644 g/mol. The maximum Gasteiger partial charge on any atom is 0.419 e. The molecule has 0 spiro atoms. The average Bonchev–Trinajstić information content (AvgIpc) is 2.98. The molecule has 0 aliphatic heterocycles. The number of hydrogen-bond acceptors (Lipinski definition) is 5. The van der Waals surface area contributed by atoms with Gasteiger partial charge in [0.05, 0.1) is 22.7 Å². The number of alkyl halides is 3. The second-order valence-electron chi connectivity index (χ2n) is 11.6. The molecule has 0 saturated heterocycles. The van der Waals surface area contributed by atoms with Crippen molar-refractivity contribution in [3.63, 3.8) is 0 Å². The van der Waals surface area contributed by atoms with E-state index < -0.39 is 33.0 Å². The zero-order valence-corrected chi connectivity index (χ0v) is 26.2. The number of aliphatic hydroxyl groups is 1. The Kier molecular flexibility index (Phi) is 10.7. The van der Waals surface area contributed by atoms with E-state index in [9.17, 15) is 26.7 Å². The monoisotopic (exact) mass is 643 g/mol. The summed E-state index contributed by atoms with van der Waals surface area (Å²) in [6, 6.07) is 27.2. The fourth-order valence-electron chi connectivity index (χ4n) is 5.31. The lowest BCUT2D eigenvalue weighted by atomic mass is 9.90. The van der Waals surface area contributed by atoms with Gasteiger partial charge in [-0.1, -0.05) is 78.9 Å². The summed E-state index contributed by atoms with van der Waals surface area (Å²) in [5.74, 6) is -1.14. The Balaban J connectivity index is 1.58. The first-order chi connectivity index (χ1) is 21.1. The summed E-state index contributed by atoms with van der Waals surface area (Å²) < 4.78 is 86.4. The van der Waals surface area contributed by atoms with Gasteiger partial charge in [0.1, 0.15) is 11.6 Å². The Morgan fingerprint density at radius 3 is 1.98 bits per heavy atom. The lowest BCUT2D eigenvalue weighted by Crippen LogP contribution is -2.31. The van der Waals surface area contributed by atoms with Crippen LogP contribution in [0.5, 0.6) is 5.75 Å². The molecule has 4 rings (SSSR count). The smallest absolute Gasteiger partial charge is 0.419 e. The highest BCUT2D eigenvalue weighted by atomic mass is 32.2. The van der Waals surface area contributed by atoms with E-state index in [1.807, 2.05) is 65.6 Å². The topological polar surface area (TPSA) is 66.8 Å². The SMILES string of the molecule is CC(C)(O)c1ccc(OCCCN(Cc2cccc(C(F)(F)F)c2F)CC(c2ccccc2)c2ccccc2)cc1S(C)(=O)=O. The number of sulfone groups is 1. The largest absolute Gasteiger partial charge is 0.494 e. The fraction of sp³-hybridized carbons (Fsp3) is 0.314. The van der Waals surface area contributed by atoms with Gasteiger partial charge in [0, 0.05) is 42.9 Å². The minimum Gasteiger partial charge on any atom is -0.494 e. The number of ether oxygens (including phenoxy) is 1. The molecule has 0 aliphatic rings. The van der Waals surface area contributed by atoms with Crippen LogP contribution in [-0.2, 0) is 28.2 Å². The molecule has 0 fully saturated rings. The number of rotatable bonds is 13. The van der Waals surface area contributed by atoms with Gasteiger partial charge in [-0.15, -0.1) is 0 Å². The summed E-state index contributed by atoms with van der Waals surface area (Å²) in [7, 11) is -3.67. The van der Waals surface area contributed by atoms with Crippen molar-refractivity contribution >= 4 is 9.84 Å². The van der Waals surface area contributed by atoms with E-state index in [1.54, 1.807) is 6.07 Å². The zero-order chi connectivity index (χ0) is 32.8. The highest BCUT2D eigenvalue weighted by molar-refractivity contribution is 7.90. The summed E-state index contributed by atoms with van der Waals surface area (Å²) in [6.07, 6.45) is -3.35. The molecule has 0 heterocycles. The lowest BCUT2D eigenvalue weighted by Gasteiger charge is -2.29. The Morgan fingerprint density at radius 1 is 0.844 bits per heavy atom. The summed E-state index contributed by atoms with van der Waals surface area (Å²) in [4.78, 5) is 1.87. The van der Waals surface area contributed by atoms with Crippen molar-refractivity contribution < 1.29 is 35.8 Å². The molecular weight excluding hydrogens is 606 g/mol. The molecule has 0 amide bonds. The maximum absolute atomic E-state index is 15.1. The van der Waals surface area contributed by atoms with E-state index in [-0.39, 0.29) is 35.1 Å². The minimum atomic E-state index is -4.82. The van der Waals surface area contributed by atoms with Gasteiger partial charge in [-0.25, -0.2) is 12.8 Å². The second-order valence-corrected chi connectivity index (χ2v) is 13.6. The van der Waals surface area contributed by atoms with Crippen molar-refractivity contribution in [3.8, 4) is 5.75 Å². The fourth-order valence-corrected chi connectivity index (χ4v) is 6.36. The second kappa shape index (κ2) is 14.1. The van der Waals surface area contributed by atoms with E-state index in [0.29, 0.717) is 25.3 Å². The summed E-state index contributed by atoms with van der Waals surface area (Å²) in [5, 5.41) is 10.4. The number of nitrogens with zero attached hydrogens (tertiary/aromatic N) is 1. The van der Waals surface area contributed by atoms with Crippen molar-refractivity contribution in [2.24, 2.45) is 0 Å². The van der Waals surface area contributed by atoms with Crippen LogP contribution in [0.25, 0.3) is 0 Å². The zero-order valence-electron chi connectivity index (χ0n) is 25.4.